The van der Waals surface area contributed by atoms with E-state index < -0.39 is 136 Å². The number of aliphatic hydroxyl groups is 1. The van der Waals surface area contributed by atoms with Crippen LogP contribution < -0.4 is 53.6 Å². The fraction of sp³-hybridized carbons (Fsp3) is 0.500. The number of primary amides is 1. The van der Waals surface area contributed by atoms with Gasteiger partial charge in [-0.3, -0.25) is 52.7 Å². The van der Waals surface area contributed by atoms with E-state index in [0.717, 1.165) is 10.8 Å². The van der Waals surface area contributed by atoms with Crippen LogP contribution in [0.1, 0.15) is 143 Å². The van der Waals surface area contributed by atoms with Gasteiger partial charge in [-0.05, 0) is 143 Å². The average Bonchev–Trinajstić information content (AvgIpc) is 1.77. The Kier molecular flexibility index (Phi) is 26.4. The van der Waals surface area contributed by atoms with Crippen molar-refractivity contribution in [2.24, 2.45) is 11.1 Å². The highest BCUT2D eigenvalue weighted by molar-refractivity contribution is 6.01. The molecule has 14 N–H and O–H groups in total. The monoisotopic (exact) mass is 1310 g/mol. The van der Waals surface area contributed by atoms with Gasteiger partial charge in [0.2, 0.25) is 65.0 Å². The molecule has 11 atom stereocenters. The first-order chi connectivity index (χ1) is 44.8. The molecule has 11 amide bonds. The number of allylic oxidation sites excluding steroid dienone is 2. The van der Waals surface area contributed by atoms with Crippen LogP contribution in [0, 0.1) is 5.41 Å². The normalized spacial score (nSPS) is 23.0. The van der Waals surface area contributed by atoms with Crippen LogP contribution in [0.5, 0.6) is 11.5 Å². The number of hydrogen-bond donors (Lipinski definition) is 13. The summed E-state index contributed by atoms with van der Waals surface area (Å²) in [5.41, 5.74) is 3.39. The quantitative estimate of drug-likeness (QED) is 0.0566. The Hall–Kier alpha value is -9.39. The lowest BCUT2D eigenvalue weighted by Crippen LogP contribution is -2.65. The summed E-state index contributed by atoms with van der Waals surface area (Å²) in [6.45, 7) is 14.0. The number of hydrogen-bond acceptors (Lipinski definition) is 14. The predicted octanol–water partition coefficient (Wildman–Crippen LogP) is 3.08. The second-order valence-electron chi connectivity index (χ2n) is 26.5. The Labute approximate surface area is 554 Å². The van der Waals surface area contributed by atoms with Gasteiger partial charge < -0.3 is 73.8 Å². The second kappa shape index (κ2) is 33.6. The Balaban J connectivity index is 1.30. The summed E-state index contributed by atoms with van der Waals surface area (Å²) >= 11 is 0. The van der Waals surface area contributed by atoms with Crippen molar-refractivity contribution in [3.05, 3.63) is 120 Å². The van der Waals surface area contributed by atoms with Gasteiger partial charge in [-0.15, -0.1) is 0 Å². The van der Waals surface area contributed by atoms with E-state index in [1.165, 1.54) is 63.8 Å². The molecule has 6 rings (SSSR count). The zero-order valence-corrected chi connectivity index (χ0v) is 55.8. The molecule has 0 saturated carbocycles. The van der Waals surface area contributed by atoms with E-state index in [9.17, 15) is 63.3 Å². The van der Waals surface area contributed by atoms with Gasteiger partial charge in [-0.25, -0.2) is 0 Å². The van der Waals surface area contributed by atoms with Crippen LogP contribution in [0.25, 0.3) is 10.8 Å². The van der Waals surface area contributed by atoms with Gasteiger partial charge in [0.1, 0.15) is 70.9 Å². The first kappa shape index (κ1) is 74.6. The number of rotatable bonds is 20. The summed E-state index contributed by atoms with van der Waals surface area (Å²) in [4.78, 5) is 157. The van der Waals surface area contributed by atoms with E-state index in [0.29, 0.717) is 48.8 Å². The summed E-state index contributed by atoms with van der Waals surface area (Å²) in [6, 6.07) is 13.9. The number of nitrogens with one attached hydrogen (secondary N) is 9. The van der Waals surface area contributed by atoms with Crippen molar-refractivity contribution in [3.63, 3.8) is 0 Å². The number of nitrogens with two attached hydrogens (primary N) is 1. The molecule has 2 aliphatic rings. The van der Waals surface area contributed by atoms with Crippen molar-refractivity contribution >= 4 is 75.8 Å². The molecule has 0 radical (unpaired) electrons. The van der Waals surface area contributed by atoms with Crippen LogP contribution >= 0.6 is 0 Å². The van der Waals surface area contributed by atoms with E-state index in [1.807, 2.05) is 36.4 Å². The Morgan fingerprint density at radius 3 is 1.91 bits per heavy atom. The van der Waals surface area contributed by atoms with E-state index in [2.05, 4.69) is 47.9 Å². The number of likely N-dealkylation sites (tertiary alicyclic amines) is 1. The highest BCUT2D eigenvalue weighted by Gasteiger charge is 2.44. The molecule has 0 unspecified atom stereocenters. The molecule has 2 aliphatic heterocycles. The lowest BCUT2D eigenvalue weighted by Gasteiger charge is -2.34. The van der Waals surface area contributed by atoms with Crippen molar-refractivity contribution < 1.29 is 68.1 Å². The molecule has 4 aromatic carbocycles. The van der Waals surface area contributed by atoms with Gasteiger partial charge in [0.05, 0.1) is 6.10 Å². The summed E-state index contributed by atoms with van der Waals surface area (Å²) in [5.74, 6) is -8.45. The molecule has 0 aromatic heterocycles. The van der Waals surface area contributed by atoms with Gasteiger partial charge in [-0.2, -0.15) is 0 Å². The number of carbonyl (C=O) groups is 11. The van der Waals surface area contributed by atoms with Crippen LogP contribution in [-0.4, -0.2) is 157 Å². The van der Waals surface area contributed by atoms with Crippen LogP contribution in [0.2, 0.25) is 0 Å². The fourth-order valence-electron chi connectivity index (χ4n) is 11.7. The lowest BCUT2D eigenvalue weighted by atomic mass is 9.85. The zero-order valence-electron chi connectivity index (χ0n) is 55.8. The van der Waals surface area contributed by atoms with Crippen LogP contribution in [-0.2, 0) is 72.0 Å². The molecular formula is C70H95N11O14. The van der Waals surface area contributed by atoms with E-state index in [-0.39, 0.29) is 69.4 Å². The molecular weight excluding hydrogens is 1220 g/mol. The topological polar surface area (TPSA) is 386 Å². The number of aromatic hydroxyl groups is 2. The van der Waals surface area contributed by atoms with Crippen LogP contribution in [0.4, 0.5) is 0 Å². The number of nitrogens with zero attached hydrogens (tertiary/aromatic N) is 1. The minimum atomic E-state index is -1.83. The molecule has 0 aliphatic carbocycles. The summed E-state index contributed by atoms with van der Waals surface area (Å²) in [6.07, 6.45) is 4.40. The summed E-state index contributed by atoms with van der Waals surface area (Å²) < 4.78 is 0. The fourth-order valence-corrected chi connectivity index (χ4v) is 11.7. The zero-order chi connectivity index (χ0) is 70.0. The third kappa shape index (κ3) is 21.1. The minimum absolute atomic E-state index is 0.0350. The first-order valence-corrected chi connectivity index (χ1v) is 32.5. The molecule has 95 heavy (non-hydrogen) atoms. The largest absolute Gasteiger partial charge is 0.508 e. The van der Waals surface area contributed by atoms with Crippen LogP contribution in [0.3, 0.4) is 0 Å². The van der Waals surface area contributed by atoms with Crippen molar-refractivity contribution in [3.8, 4) is 11.5 Å². The smallest absolute Gasteiger partial charge is 0.246 e. The standard InChI is InChI=1S/C70H95N11O14/c1-10-21-51-60(88)79-69(8,66(71)94)35-17-13-11-12-14-18-36-70(9,67(95)72-41(2)58(86)75-52(59(87)74-51)38-44-27-31-48(84)32-28-44)80-61(89)53(40-47-24-19-23-46-22-15-16-25-50(46)47)76-63(91)56(42(3)82)78-62(90)55-26-20-37-81(55)65(93)54(39-45-29-33-49(85)34-30-45)77-64(92)57(68(5,6)7)73-43(4)83/h11-12,15-16,19,22-25,27-34,41-42,51-57,82,84-85H,10,13-14,17-18,20-21,26,35-40H2,1-9H3,(H2,71,94)(H,72,95)(H,73,83)(H,74,87)(H,75,86)(H,76,91)(H,77,92)(H,78,90)(H,79,88)(H,80,89)/b12-11+/t41-,42+,51-,52-,53-,54-,55-,56-,57+,69-,70-/m0/s1. The van der Waals surface area contributed by atoms with E-state index in [4.69, 9.17) is 5.73 Å². The maximum absolute atomic E-state index is 15.3. The third-order valence-corrected chi connectivity index (χ3v) is 17.4. The van der Waals surface area contributed by atoms with Gasteiger partial charge in [0.25, 0.3) is 0 Å². The molecule has 4 aromatic rings. The lowest BCUT2D eigenvalue weighted by molar-refractivity contribution is -0.143. The number of aliphatic hydroxyl groups excluding tert-OH is 1. The molecule has 1 fully saturated rings. The first-order valence-electron chi connectivity index (χ1n) is 32.5. The molecule has 1 saturated heterocycles. The van der Waals surface area contributed by atoms with Gasteiger partial charge in [0.15, 0.2) is 0 Å². The van der Waals surface area contributed by atoms with E-state index >= 15 is 4.79 Å². The number of carbonyl (C=O) groups excluding carboxylic acids is 11. The van der Waals surface area contributed by atoms with Crippen molar-refractivity contribution in [2.45, 2.75) is 211 Å². The Bertz CT molecular complexity index is 3440. The van der Waals surface area contributed by atoms with E-state index in [1.54, 1.807) is 70.2 Å². The average molecular weight is 1310 g/mol. The molecule has 25 nitrogen and oxygen atoms in total. The highest BCUT2D eigenvalue weighted by atomic mass is 16.3. The number of fused-ring (bicyclic) bond motifs is 1. The van der Waals surface area contributed by atoms with Crippen molar-refractivity contribution in [2.75, 3.05) is 6.54 Å². The van der Waals surface area contributed by atoms with Gasteiger partial charge in [-0.1, -0.05) is 113 Å². The number of amides is 11. The Morgan fingerprint density at radius 1 is 0.695 bits per heavy atom. The number of benzene rings is 4. The highest BCUT2D eigenvalue weighted by Crippen LogP contribution is 2.26. The predicted molar refractivity (Wildman–Crippen MR) is 356 cm³/mol. The SMILES string of the molecule is CCC[C@@H]1NC(=O)[C@H](Cc2ccc(O)cc2)NC(=O)[C@H](C)NC(=O)[C@@](C)(NC(=O)[C@H](Cc2cccc3ccccc23)NC(=O)[C@@H](NC(=O)[C@@H]2CCCN2C(=O)[C@H](Cc2ccc(O)cc2)NC(=O)[C@@H](NC(C)=O)C(C)(C)C)[C@@H](C)O)CCC/C=C/CCC[C@@](C)(C(N)=O)NC1=O. The molecule has 25 heteroatoms. The minimum Gasteiger partial charge on any atom is -0.508 e. The van der Waals surface area contributed by atoms with Crippen LogP contribution in [0.15, 0.2) is 103 Å². The van der Waals surface area contributed by atoms with Gasteiger partial charge in [0, 0.05) is 32.7 Å². The molecule has 514 valence electrons. The second-order valence-corrected chi connectivity index (χ2v) is 26.5. The van der Waals surface area contributed by atoms with Gasteiger partial charge >= 0.3 is 0 Å². The van der Waals surface area contributed by atoms with Crippen molar-refractivity contribution in [1.29, 1.82) is 0 Å². The third-order valence-electron chi connectivity index (χ3n) is 17.4. The summed E-state index contributed by atoms with van der Waals surface area (Å²) in [7, 11) is 0. The molecule has 0 spiro atoms. The molecule has 0 bridgehead atoms. The maximum atomic E-state index is 15.3. The summed E-state index contributed by atoms with van der Waals surface area (Å²) in [5, 5.41) is 57.6. The molecule has 2 heterocycles. The Morgan fingerprint density at radius 2 is 1.29 bits per heavy atom. The number of phenols is 2. The number of phenolic OH excluding ortho intramolecular Hbond substituents is 2. The van der Waals surface area contributed by atoms with Crippen molar-refractivity contribution in [1.82, 2.24) is 52.8 Å². The maximum Gasteiger partial charge on any atom is 0.246 e.